The summed E-state index contributed by atoms with van der Waals surface area (Å²) in [5, 5.41) is 8.00. The Bertz CT molecular complexity index is 318. The third-order valence-electron chi connectivity index (χ3n) is 3.44. The van der Waals surface area contributed by atoms with Crippen molar-refractivity contribution in [3.8, 4) is 0 Å². The Balaban J connectivity index is 2.15. The molecule has 1 aliphatic heterocycles. The van der Waals surface area contributed by atoms with Gasteiger partial charge in [0.25, 0.3) is 0 Å². The van der Waals surface area contributed by atoms with Crippen LogP contribution in [0.25, 0.3) is 0 Å². The van der Waals surface area contributed by atoms with Crippen LogP contribution >= 0.6 is 0 Å². The molecule has 0 aromatic carbocycles. The Hall–Kier alpha value is -0.830. The number of hydrogen-bond donors (Lipinski definition) is 1. The zero-order chi connectivity index (χ0) is 10.8. The summed E-state index contributed by atoms with van der Waals surface area (Å²) in [4.78, 5) is 0. The quantitative estimate of drug-likeness (QED) is 0.823. The normalized spacial score (nSPS) is 31.0. The minimum absolute atomic E-state index is 0.634. The molecule has 1 aromatic heterocycles. The monoisotopic (exact) mass is 207 g/mol. The number of rotatable bonds is 3. The van der Waals surface area contributed by atoms with Gasteiger partial charge in [0.2, 0.25) is 0 Å². The van der Waals surface area contributed by atoms with Gasteiger partial charge in [0.1, 0.15) is 0 Å². The average Bonchev–Trinajstić information content (AvgIpc) is 2.82. The van der Waals surface area contributed by atoms with Gasteiger partial charge in [-0.1, -0.05) is 6.92 Å². The molecule has 1 aromatic rings. The molecule has 2 rings (SSSR count). The predicted molar refractivity (Wildman–Crippen MR) is 61.9 cm³/mol. The molecular formula is C12H21N3. The summed E-state index contributed by atoms with van der Waals surface area (Å²) in [5.41, 5.74) is 1.40. The fourth-order valence-corrected chi connectivity index (χ4v) is 2.61. The third-order valence-corrected chi connectivity index (χ3v) is 3.44. The topological polar surface area (TPSA) is 29.9 Å². The predicted octanol–water partition coefficient (Wildman–Crippen LogP) is 2.15. The maximum absolute atomic E-state index is 4.36. The molecule has 1 N–H and O–H groups in total. The summed E-state index contributed by atoms with van der Waals surface area (Å²) >= 11 is 0. The zero-order valence-electron chi connectivity index (χ0n) is 9.90. The van der Waals surface area contributed by atoms with Crippen LogP contribution in [0.2, 0.25) is 0 Å². The van der Waals surface area contributed by atoms with Crippen molar-refractivity contribution in [3.05, 3.63) is 18.0 Å². The van der Waals surface area contributed by atoms with Crippen LogP contribution < -0.4 is 5.32 Å². The number of nitrogens with one attached hydrogen (secondary N) is 1. The second kappa shape index (κ2) is 4.35. The van der Waals surface area contributed by atoms with Crippen molar-refractivity contribution in [1.29, 1.82) is 0 Å². The van der Waals surface area contributed by atoms with Gasteiger partial charge in [0.05, 0.1) is 6.20 Å². The molecule has 0 saturated carbocycles. The highest BCUT2D eigenvalue weighted by Crippen LogP contribution is 2.31. The zero-order valence-corrected chi connectivity index (χ0v) is 9.90. The van der Waals surface area contributed by atoms with Gasteiger partial charge in [-0.15, -0.1) is 0 Å². The molecule has 0 aliphatic carbocycles. The third kappa shape index (κ3) is 2.07. The van der Waals surface area contributed by atoms with Crippen molar-refractivity contribution in [2.45, 2.75) is 58.2 Å². The van der Waals surface area contributed by atoms with Gasteiger partial charge in [0, 0.05) is 30.7 Å². The summed E-state index contributed by atoms with van der Waals surface area (Å²) in [6.07, 6.45) is 6.68. The van der Waals surface area contributed by atoms with Crippen LogP contribution in [0.1, 0.15) is 45.1 Å². The minimum atomic E-state index is 0.634. The average molecular weight is 207 g/mol. The van der Waals surface area contributed by atoms with Crippen LogP contribution in [0.3, 0.4) is 0 Å². The highest BCUT2D eigenvalue weighted by Gasteiger charge is 2.31. The molecule has 84 valence electrons. The van der Waals surface area contributed by atoms with Crippen LogP contribution in [0.4, 0.5) is 0 Å². The maximum atomic E-state index is 4.36. The molecule has 15 heavy (non-hydrogen) atoms. The van der Waals surface area contributed by atoms with Gasteiger partial charge >= 0.3 is 0 Å². The van der Waals surface area contributed by atoms with Gasteiger partial charge in [0.15, 0.2) is 0 Å². The largest absolute Gasteiger partial charge is 0.311 e. The first-order valence-electron chi connectivity index (χ1n) is 6.03. The van der Waals surface area contributed by atoms with Crippen LogP contribution in [0.15, 0.2) is 12.4 Å². The highest BCUT2D eigenvalue weighted by molar-refractivity contribution is 5.17. The summed E-state index contributed by atoms with van der Waals surface area (Å²) in [5.74, 6) is 0.658. The van der Waals surface area contributed by atoms with Gasteiger partial charge in [-0.2, -0.15) is 5.10 Å². The van der Waals surface area contributed by atoms with Gasteiger partial charge < -0.3 is 5.32 Å². The van der Waals surface area contributed by atoms with Crippen molar-refractivity contribution in [2.75, 3.05) is 0 Å². The van der Waals surface area contributed by atoms with Crippen molar-refractivity contribution in [3.63, 3.8) is 0 Å². The smallest absolute Gasteiger partial charge is 0.0525 e. The molecule has 0 bridgehead atoms. The maximum Gasteiger partial charge on any atom is 0.0525 e. The van der Waals surface area contributed by atoms with E-state index in [1.165, 1.54) is 18.4 Å². The van der Waals surface area contributed by atoms with Gasteiger partial charge in [-0.25, -0.2) is 0 Å². The number of aromatic nitrogens is 2. The second-order valence-corrected chi connectivity index (χ2v) is 4.55. The van der Waals surface area contributed by atoms with E-state index in [4.69, 9.17) is 0 Å². The fraction of sp³-hybridized carbons (Fsp3) is 0.750. The van der Waals surface area contributed by atoms with Crippen molar-refractivity contribution < 1.29 is 0 Å². The molecule has 0 spiro atoms. The molecule has 3 heteroatoms. The van der Waals surface area contributed by atoms with E-state index < -0.39 is 0 Å². The number of hydrogen-bond acceptors (Lipinski definition) is 2. The highest BCUT2D eigenvalue weighted by atomic mass is 15.3. The molecular weight excluding hydrogens is 186 g/mol. The first-order chi connectivity index (χ1) is 7.24. The van der Waals surface area contributed by atoms with Crippen LogP contribution in [0, 0.1) is 0 Å². The molecule has 2 heterocycles. The molecule has 1 saturated heterocycles. The van der Waals surface area contributed by atoms with Crippen LogP contribution in [0.5, 0.6) is 0 Å². The lowest BCUT2D eigenvalue weighted by Gasteiger charge is -2.15. The Morgan fingerprint density at radius 3 is 2.93 bits per heavy atom. The Labute approximate surface area is 91.9 Å². The Morgan fingerprint density at radius 2 is 2.33 bits per heavy atom. The Kier molecular flexibility index (Phi) is 3.10. The summed E-state index contributed by atoms with van der Waals surface area (Å²) in [6, 6.07) is 1.28. The molecule has 1 aliphatic rings. The van der Waals surface area contributed by atoms with Gasteiger partial charge in [-0.3, -0.25) is 4.68 Å². The molecule has 0 amide bonds. The first kappa shape index (κ1) is 10.7. The molecule has 3 atom stereocenters. The molecule has 0 radical (unpaired) electrons. The SMILES string of the molecule is CCC1NC(C)CC1c1cnn(CC)c1. The van der Waals surface area contributed by atoms with Crippen molar-refractivity contribution >= 4 is 0 Å². The van der Waals surface area contributed by atoms with Crippen molar-refractivity contribution in [2.24, 2.45) is 0 Å². The van der Waals surface area contributed by atoms with Gasteiger partial charge in [-0.05, 0) is 32.3 Å². The van der Waals surface area contributed by atoms with E-state index in [1.807, 2.05) is 10.9 Å². The van der Waals surface area contributed by atoms with Crippen molar-refractivity contribution in [1.82, 2.24) is 15.1 Å². The number of nitrogens with zero attached hydrogens (tertiary/aromatic N) is 2. The number of aryl methyl sites for hydroxylation is 1. The van der Waals surface area contributed by atoms with E-state index in [-0.39, 0.29) is 0 Å². The lowest BCUT2D eigenvalue weighted by atomic mass is 9.92. The summed E-state index contributed by atoms with van der Waals surface area (Å²) < 4.78 is 2.02. The molecule has 3 nitrogen and oxygen atoms in total. The minimum Gasteiger partial charge on any atom is -0.311 e. The second-order valence-electron chi connectivity index (χ2n) is 4.55. The molecule has 3 unspecified atom stereocenters. The van der Waals surface area contributed by atoms with E-state index in [2.05, 4.69) is 37.4 Å². The lowest BCUT2D eigenvalue weighted by Crippen LogP contribution is -2.28. The van der Waals surface area contributed by atoms with E-state index >= 15 is 0 Å². The van der Waals surface area contributed by atoms with E-state index in [9.17, 15) is 0 Å². The van der Waals surface area contributed by atoms with Crippen LogP contribution in [-0.4, -0.2) is 21.9 Å². The van der Waals surface area contributed by atoms with E-state index in [0.29, 0.717) is 18.0 Å². The standard InChI is InChI=1S/C12H21N3/c1-4-12-11(6-9(3)14-12)10-7-13-15(5-2)8-10/h7-9,11-12,14H,4-6H2,1-3H3. The van der Waals surface area contributed by atoms with E-state index in [0.717, 1.165) is 6.54 Å². The van der Waals surface area contributed by atoms with E-state index in [1.54, 1.807) is 0 Å². The first-order valence-corrected chi connectivity index (χ1v) is 6.03. The Morgan fingerprint density at radius 1 is 1.53 bits per heavy atom. The molecule has 1 fully saturated rings. The summed E-state index contributed by atoms with van der Waals surface area (Å²) in [6.45, 7) is 7.62. The van der Waals surface area contributed by atoms with Crippen LogP contribution in [-0.2, 0) is 6.54 Å². The summed E-state index contributed by atoms with van der Waals surface area (Å²) in [7, 11) is 0. The lowest BCUT2D eigenvalue weighted by molar-refractivity contribution is 0.517. The fourth-order valence-electron chi connectivity index (χ4n) is 2.61.